The van der Waals surface area contributed by atoms with Gasteiger partial charge in [0.05, 0.1) is 10.7 Å². The zero-order valence-corrected chi connectivity index (χ0v) is 12.3. The summed E-state index contributed by atoms with van der Waals surface area (Å²) >= 11 is 6.35. The number of halogens is 1. The van der Waals surface area contributed by atoms with Crippen molar-refractivity contribution in [3.8, 4) is 0 Å². The van der Waals surface area contributed by atoms with E-state index in [2.05, 4.69) is 37.1 Å². The molecule has 0 aromatic heterocycles. The molecular weight excluding hydrogens is 244 g/mol. The zero-order valence-electron chi connectivity index (χ0n) is 11.5. The largest absolute Gasteiger partial charge is 0.367 e. The molecule has 2 nitrogen and oxygen atoms in total. The summed E-state index contributed by atoms with van der Waals surface area (Å²) < 4.78 is 0. The lowest BCUT2D eigenvalue weighted by Crippen LogP contribution is -2.51. The number of aryl methyl sites for hydroxylation is 1. The summed E-state index contributed by atoms with van der Waals surface area (Å²) in [7, 11) is 0. The van der Waals surface area contributed by atoms with E-state index in [1.807, 2.05) is 12.1 Å². The molecule has 1 atom stereocenters. The molecule has 0 spiro atoms. The third kappa shape index (κ3) is 3.18. The van der Waals surface area contributed by atoms with E-state index in [0.29, 0.717) is 6.04 Å². The van der Waals surface area contributed by atoms with Gasteiger partial charge in [-0.05, 0) is 30.9 Å². The van der Waals surface area contributed by atoms with Crippen LogP contribution < -0.4 is 10.2 Å². The summed E-state index contributed by atoms with van der Waals surface area (Å²) in [6, 6.07) is 6.73. The number of benzene rings is 1. The van der Waals surface area contributed by atoms with Crippen molar-refractivity contribution in [3.63, 3.8) is 0 Å². The maximum atomic E-state index is 6.35. The summed E-state index contributed by atoms with van der Waals surface area (Å²) in [5, 5.41) is 4.48. The Morgan fingerprint density at radius 2 is 2.22 bits per heavy atom. The lowest BCUT2D eigenvalue weighted by molar-refractivity contribution is 0.388. The molecule has 1 aliphatic rings. The molecule has 1 heterocycles. The number of rotatable bonds is 3. The normalized spacial score (nSPS) is 20.5. The monoisotopic (exact) mass is 266 g/mol. The van der Waals surface area contributed by atoms with Gasteiger partial charge in [-0.15, -0.1) is 0 Å². The lowest BCUT2D eigenvalue weighted by Gasteiger charge is -2.37. The summed E-state index contributed by atoms with van der Waals surface area (Å²) in [6.07, 6.45) is 1.22. The Labute approximate surface area is 115 Å². The van der Waals surface area contributed by atoms with Gasteiger partial charge in [0.1, 0.15) is 0 Å². The highest BCUT2D eigenvalue weighted by molar-refractivity contribution is 6.33. The van der Waals surface area contributed by atoms with Gasteiger partial charge in [-0.1, -0.05) is 37.6 Å². The third-order valence-corrected chi connectivity index (χ3v) is 3.82. The van der Waals surface area contributed by atoms with Crippen LogP contribution in [0.25, 0.3) is 0 Å². The summed E-state index contributed by atoms with van der Waals surface area (Å²) in [5.41, 5.74) is 2.49. The summed E-state index contributed by atoms with van der Waals surface area (Å²) in [4.78, 5) is 2.43. The Kier molecular flexibility index (Phi) is 4.52. The van der Waals surface area contributed by atoms with Crippen molar-refractivity contribution >= 4 is 17.3 Å². The van der Waals surface area contributed by atoms with E-state index in [1.54, 1.807) is 0 Å². The highest BCUT2D eigenvalue weighted by Crippen LogP contribution is 2.30. The van der Waals surface area contributed by atoms with Crippen LogP contribution in [-0.4, -0.2) is 25.7 Å². The average Bonchev–Trinajstić information content (AvgIpc) is 2.28. The fourth-order valence-corrected chi connectivity index (χ4v) is 3.12. The molecule has 0 bridgehead atoms. The SMILES string of the molecule is Cc1cccc(Cl)c1N1CCNC(CC(C)C)C1. The number of anilines is 1. The van der Waals surface area contributed by atoms with Crippen LogP contribution in [0.2, 0.25) is 5.02 Å². The molecule has 100 valence electrons. The molecule has 3 heteroatoms. The fraction of sp³-hybridized carbons (Fsp3) is 0.600. The highest BCUT2D eigenvalue weighted by atomic mass is 35.5. The zero-order chi connectivity index (χ0) is 13.1. The van der Waals surface area contributed by atoms with Gasteiger partial charge in [-0.2, -0.15) is 0 Å². The van der Waals surface area contributed by atoms with Crippen LogP contribution in [0.5, 0.6) is 0 Å². The molecule has 1 unspecified atom stereocenters. The number of nitrogens with zero attached hydrogens (tertiary/aromatic N) is 1. The van der Waals surface area contributed by atoms with Gasteiger partial charge in [-0.3, -0.25) is 0 Å². The number of piperazine rings is 1. The molecule has 1 aliphatic heterocycles. The first-order valence-corrected chi connectivity index (χ1v) is 7.19. The molecule has 0 aliphatic carbocycles. The molecule has 18 heavy (non-hydrogen) atoms. The van der Waals surface area contributed by atoms with Gasteiger partial charge in [0.2, 0.25) is 0 Å². The smallest absolute Gasteiger partial charge is 0.0642 e. The summed E-state index contributed by atoms with van der Waals surface area (Å²) in [6.45, 7) is 9.84. The maximum Gasteiger partial charge on any atom is 0.0642 e. The van der Waals surface area contributed by atoms with Crippen molar-refractivity contribution in [2.24, 2.45) is 5.92 Å². The second kappa shape index (κ2) is 5.94. The molecule has 1 aromatic carbocycles. The first kappa shape index (κ1) is 13.7. The molecule has 0 radical (unpaired) electrons. The first-order chi connectivity index (χ1) is 8.58. The topological polar surface area (TPSA) is 15.3 Å². The van der Waals surface area contributed by atoms with E-state index in [1.165, 1.54) is 17.7 Å². The Morgan fingerprint density at radius 1 is 1.44 bits per heavy atom. The number of hydrogen-bond acceptors (Lipinski definition) is 2. The molecule has 0 amide bonds. The number of nitrogens with one attached hydrogen (secondary N) is 1. The minimum Gasteiger partial charge on any atom is -0.367 e. The second-order valence-electron chi connectivity index (χ2n) is 5.63. The molecule has 1 saturated heterocycles. The Hall–Kier alpha value is -0.730. The molecular formula is C15H23ClN2. The van der Waals surface area contributed by atoms with E-state index in [4.69, 9.17) is 11.6 Å². The Balaban J connectivity index is 2.13. The molecule has 1 N–H and O–H groups in total. The van der Waals surface area contributed by atoms with Crippen LogP contribution in [0, 0.1) is 12.8 Å². The molecule has 2 rings (SSSR count). The van der Waals surface area contributed by atoms with Gasteiger partial charge < -0.3 is 10.2 Å². The van der Waals surface area contributed by atoms with Crippen LogP contribution in [0.4, 0.5) is 5.69 Å². The van der Waals surface area contributed by atoms with Crippen LogP contribution in [0.1, 0.15) is 25.8 Å². The molecule has 0 saturated carbocycles. The van der Waals surface area contributed by atoms with Crippen molar-refractivity contribution in [1.29, 1.82) is 0 Å². The highest BCUT2D eigenvalue weighted by Gasteiger charge is 2.22. The number of hydrogen-bond donors (Lipinski definition) is 1. The minimum atomic E-state index is 0.578. The standard InChI is InChI=1S/C15H23ClN2/c1-11(2)9-13-10-18(8-7-17-13)15-12(3)5-4-6-14(15)16/h4-6,11,13,17H,7-10H2,1-3H3. The van der Waals surface area contributed by atoms with E-state index < -0.39 is 0 Å². The van der Waals surface area contributed by atoms with Crippen LogP contribution in [-0.2, 0) is 0 Å². The fourth-order valence-electron chi connectivity index (χ4n) is 2.78. The van der Waals surface area contributed by atoms with E-state index >= 15 is 0 Å². The van der Waals surface area contributed by atoms with Gasteiger partial charge in [0.25, 0.3) is 0 Å². The first-order valence-electron chi connectivity index (χ1n) is 6.81. The maximum absolute atomic E-state index is 6.35. The van der Waals surface area contributed by atoms with Crippen LogP contribution in [0.3, 0.4) is 0 Å². The molecule has 1 fully saturated rings. The van der Waals surface area contributed by atoms with Crippen LogP contribution >= 0.6 is 11.6 Å². The van der Waals surface area contributed by atoms with Crippen LogP contribution in [0.15, 0.2) is 18.2 Å². The van der Waals surface area contributed by atoms with Crippen molar-refractivity contribution in [1.82, 2.24) is 5.32 Å². The van der Waals surface area contributed by atoms with Crippen molar-refractivity contribution < 1.29 is 0 Å². The summed E-state index contributed by atoms with van der Waals surface area (Å²) in [5.74, 6) is 0.731. The number of para-hydroxylation sites is 1. The van der Waals surface area contributed by atoms with Gasteiger partial charge in [-0.25, -0.2) is 0 Å². The Morgan fingerprint density at radius 3 is 2.89 bits per heavy atom. The Bertz CT molecular complexity index is 383. The lowest BCUT2D eigenvalue weighted by atomic mass is 10.0. The van der Waals surface area contributed by atoms with E-state index in [9.17, 15) is 0 Å². The van der Waals surface area contributed by atoms with E-state index in [-0.39, 0.29) is 0 Å². The minimum absolute atomic E-state index is 0.578. The van der Waals surface area contributed by atoms with Crippen molar-refractivity contribution in [3.05, 3.63) is 28.8 Å². The second-order valence-corrected chi connectivity index (χ2v) is 6.04. The predicted molar refractivity (Wildman–Crippen MR) is 79.6 cm³/mol. The van der Waals surface area contributed by atoms with Gasteiger partial charge >= 0.3 is 0 Å². The molecule has 1 aromatic rings. The third-order valence-electron chi connectivity index (χ3n) is 3.52. The van der Waals surface area contributed by atoms with E-state index in [0.717, 1.165) is 30.6 Å². The average molecular weight is 267 g/mol. The van der Waals surface area contributed by atoms with Crippen molar-refractivity contribution in [2.75, 3.05) is 24.5 Å². The van der Waals surface area contributed by atoms with Gasteiger partial charge in [0.15, 0.2) is 0 Å². The van der Waals surface area contributed by atoms with Crippen molar-refractivity contribution in [2.45, 2.75) is 33.2 Å². The van der Waals surface area contributed by atoms with Gasteiger partial charge in [0, 0.05) is 25.7 Å². The predicted octanol–water partition coefficient (Wildman–Crippen LogP) is 3.47. The quantitative estimate of drug-likeness (QED) is 0.901.